The Morgan fingerprint density at radius 3 is 2.05 bits per heavy atom. The number of hydrogen-bond donors (Lipinski definition) is 0. The molecule has 0 amide bonds. The van der Waals surface area contributed by atoms with E-state index in [9.17, 15) is 17.6 Å². The van der Waals surface area contributed by atoms with Crippen LogP contribution >= 0.6 is 0 Å². The van der Waals surface area contributed by atoms with Crippen LogP contribution in [-0.2, 0) is 6.18 Å². The van der Waals surface area contributed by atoms with Gasteiger partial charge in [0.2, 0.25) is 11.8 Å². The lowest BCUT2D eigenvalue weighted by Crippen LogP contribution is -2.03. The van der Waals surface area contributed by atoms with Gasteiger partial charge in [-0.05, 0) is 42.5 Å². The molecule has 2 aromatic carbocycles. The topological polar surface area (TPSA) is 38.9 Å². The second-order valence-electron chi connectivity index (χ2n) is 4.50. The minimum atomic E-state index is -4.40. The minimum Gasteiger partial charge on any atom is -0.416 e. The molecule has 0 atom stereocenters. The molecule has 0 saturated carbocycles. The Kier molecular flexibility index (Phi) is 3.40. The Bertz CT molecular complexity index is 794. The zero-order chi connectivity index (χ0) is 15.7. The highest BCUT2D eigenvalue weighted by Gasteiger charge is 2.30. The SMILES string of the molecule is Fc1cccc(-c2nnc(-c3ccc(C(F)(F)F)cc3)o2)c1. The van der Waals surface area contributed by atoms with Gasteiger partial charge in [0.15, 0.2) is 0 Å². The molecule has 0 spiro atoms. The molecule has 0 aliphatic rings. The third-order valence-electron chi connectivity index (χ3n) is 2.96. The van der Waals surface area contributed by atoms with Crippen molar-refractivity contribution in [1.29, 1.82) is 0 Å². The van der Waals surface area contributed by atoms with Gasteiger partial charge in [-0.25, -0.2) is 4.39 Å². The molecule has 0 bridgehead atoms. The molecule has 0 saturated heterocycles. The van der Waals surface area contributed by atoms with Crippen LogP contribution in [0.15, 0.2) is 52.9 Å². The van der Waals surface area contributed by atoms with Crippen LogP contribution in [0, 0.1) is 5.82 Å². The molecule has 0 fully saturated rings. The number of hydrogen-bond acceptors (Lipinski definition) is 3. The summed E-state index contributed by atoms with van der Waals surface area (Å²) < 4.78 is 56.0. The van der Waals surface area contributed by atoms with Crippen LogP contribution in [0.25, 0.3) is 22.9 Å². The zero-order valence-electron chi connectivity index (χ0n) is 10.9. The summed E-state index contributed by atoms with van der Waals surface area (Å²) in [5.41, 5.74) is -0.0186. The first-order valence-corrected chi connectivity index (χ1v) is 6.20. The molecule has 112 valence electrons. The fraction of sp³-hybridized carbons (Fsp3) is 0.0667. The average Bonchev–Trinajstić information content (AvgIpc) is 2.96. The molecule has 1 heterocycles. The molecule has 1 aromatic heterocycles. The minimum absolute atomic E-state index is 0.0629. The number of aromatic nitrogens is 2. The van der Waals surface area contributed by atoms with Crippen LogP contribution in [-0.4, -0.2) is 10.2 Å². The standard InChI is InChI=1S/C15H8F4N2O/c16-12-3-1-2-10(8-12)14-21-20-13(22-14)9-4-6-11(7-5-9)15(17,18)19/h1-8H. The van der Waals surface area contributed by atoms with Crippen molar-refractivity contribution < 1.29 is 22.0 Å². The highest BCUT2D eigenvalue weighted by atomic mass is 19.4. The van der Waals surface area contributed by atoms with Crippen LogP contribution in [0.2, 0.25) is 0 Å². The summed E-state index contributed by atoms with van der Waals surface area (Å²) in [6.45, 7) is 0. The van der Waals surface area contributed by atoms with E-state index in [1.807, 2.05) is 0 Å². The van der Waals surface area contributed by atoms with Crippen molar-refractivity contribution in [3.05, 3.63) is 59.9 Å². The van der Waals surface area contributed by atoms with Crippen molar-refractivity contribution in [3.63, 3.8) is 0 Å². The normalized spacial score (nSPS) is 11.6. The maximum Gasteiger partial charge on any atom is 0.416 e. The van der Waals surface area contributed by atoms with E-state index >= 15 is 0 Å². The predicted molar refractivity (Wildman–Crippen MR) is 70.1 cm³/mol. The van der Waals surface area contributed by atoms with E-state index in [4.69, 9.17) is 4.42 Å². The number of nitrogens with zero attached hydrogens (tertiary/aromatic N) is 2. The quantitative estimate of drug-likeness (QED) is 0.651. The molecular weight excluding hydrogens is 300 g/mol. The van der Waals surface area contributed by atoms with Crippen LogP contribution < -0.4 is 0 Å². The molecule has 3 nitrogen and oxygen atoms in total. The number of rotatable bonds is 2. The molecule has 3 rings (SSSR count). The highest BCUT2D eigenvalue weighted by molar-refractivity contribution is 5.58. The second-order valence-corrected chi connectivity index (χ2v) is 4.50. The van der Waals surface area contributed by atoms with Gasteiger partial charge in [0.05, 0.1) is 5.56 Å². The van der Waals surface area contributed by atoms with E-state index < -0.39 is 17.6 Å². The number of alkyl halides is 3. The Hall–Kier alpha value is -2.70. The smallest absolute Gasteiger partial charge is 0.416 e. The lowest BCUT2D eigenvalue weighted by molar-refractivity contribution is -0.137. The van der Waals surface area contributed by atoms with Crippen molar-refractivity contribution in [1.82, 2.24) is 10.2 Å². The third kappa shape index (κ3) is 2.83. The summed E-state index contributed by atoms with van der Waals surface area (Å²) in [5.74, 6) is -0.297. The Morgan fingerprint density at radius 1 is 0.818 bits per heavy atom. The van der Waals surface area contributed by atoms with E-state index in [0.29, 0.717) is 11.1 Å². The molecule has 0 aliphatic carbocycles. The summed E-state index contributed by atoms with van der Waals surface area (Å²) in [7, 11) is 0. The molecule has 0 radical (unpaired) electrons. The van der Waals surface area contributed by atoms with Gasteiger partial charge >= 0.3 is 6.18 Å². The molecule has 7 heteroatoms. The molecule has 3 aromatic rings. The van der Waals surface area contributed by atoms with Crippen molar-refractivity contribution >= 4 is 0 Å². The van der Waals surface area contributed by atoms with Crippen molar-refractivity contribution in [3.8, 4) is 22.9 Å². The Balaban J connectivity index is 1.91. The van der Waals surface area contributed by atoms with E-state index in [-0.39, 0.29) is 11.8 Å². The van der Waals surface area contributed by atoms with Gasteiger partial charge in [-0.1, -0.05) is 6.07 Å². The maximum absolute atomic E-state index is 13.1. The second kappa shape index (κ2) is 5.25. The van der Waals surface area contributed by atoms with Crippen molar-refractivity contribution in [2.45, 2.75) is 6.18 Å². The first-order chi connectivity index (χ1) is 10.4. The van der Waals surface area contributed by atoms with Crippen molar-refractivity contribution in [2.24, 2.45) is 0 Å². The average molecular weight is 308 g/mol. The molecule has 0 unspecified atom stereocenters. The third-order valence-corrected chi connectivity index (χ3v) is 2.96. The van der Waals surface area contributed by atoms with Crippen LogP contribution in [0.5, 0.6) is 0 Å². The van der Waals surface area contributed by atoms with Gasteiger partial charge in [0.1, 0.15) is 5.82 Å². The first-order valence-electron chi connectivity index (χ1n) is 6.20. The van der Waals surface area contributed by atoms with E-state index in [2.05, 4.69) is 10.2 Å². The fourth-order valence-electron chi connectivity index (χ4n) is 1.88. The summed E-state index contributed by atoms with van der Waals surface area (Å²) in [4.78, 5) is 0. The number of halogens is 4. The van der Waals surface area contributed by atoms with Crippen LogP contribution in [0.3, 0.4) is 0 Å². The van der Waals surface area contributed by atoms with E-state index in [0.717, 1.165) is 12.1 Å². The summed E-state index contributed by atoms with van der Waals surface area (Å²) in [5, 5.41) is 7.53. The fourth-order valence-corrected chi connectivity index (χ4v) is 1.88. The monoisotopic (exact) mass is 308 g/mol. The Morgan fingerprint density at radius 2 is 1.45 bits per heavy atom. The lowest BCUT2D eigenvalue weighted by Gasteiger charge is -2.05. The Labute approximate surface area is 122 Å². The predicted octanol–water partition coefficient (Wildman–Crippen LogP) is 4.56. The summed E-state index contributed by atoms with van der Waals surface area (Å²) in [6, 6.07) is 9.93. The van der Waals surface area contributed by atoms with Gasteiger partial charge < -0.3 is 4.42 Å². The van der Waals surface area contributed by atoms with E-state index in [1.165, 1.54) is 30.3 Å². The van der Waals surface area contributed by atoms with Crippen molar-refractivity contribution in [2.75, 3.05) is 0 Å². The van der Waals surface area contributed by atoms with Gasteiger partial charge in [-0.15, -0.1) is 10.2 Å². The molecule has 22 heavy (non-hydrogen) atoms. The summed E-state index contributed by atoms with van der Waals surface area (Å²) >= 11 is 0. The van der Waals surface area contributed by atoms with Gasteiger partial charge in [0.25, 0.3) is 0 Å². The zero-order valence-corrected chi connectivity index (χ0v) is 10.9. The largest absolute Gasteiger partial charge is 0.416 e. The maximum atomic E-state index is 13.1. The van der Waals surface area contributed by atoms with Crippen LogP contribution in [0.1, 0.15) is 5.56 Å². The van der Waals surface area contributed by atoms with E-state index in [1.54, 1.807) is 6.07 Å². The highest BCUT2D eigenvalue weighted by Crippen LogP contribution is 2.31. The van der Waals surface area contributed by atoms with Gasteiger partial charge in [0, 0.05) is 11.1 Å². The van der Waals surface area contributed by atoms with Crippen LogP contribution in [0.4, 0.5) is 17.6 Å². The lowest BCUT2D eigenvalue weighted by atomic mass is 10.1. The molecule has 0 N–H and O–H groups in total. The van der Waals surface area contributed by atoms with Gasteiger partial charge in [-0.2, -0.15) is 13.2 Å². The molecular formula is C15H8F4N2O. The summed E-state index contributed by atoms with van der Waals surface area (Å²) in [6.07, 6.45) is -4.40. The first kappa shape index (κ1) is 14.2. The molecule has 0 aliphatic heterocycles. The number of benzene rings is 2. The van der Waals surface area contributed by atoms with Gasteiger partial charge in [-0.3, -0.25) is 0 Å².